The number of carbonyl (C=O) groups excluding carboxylic acids is 2. The highest BCUT2D eigenvalue weighted by Crippen LogP contribution is 2.41. The molecule has 16 heteroatoms. The van der Waals surface area contributed by atoms with Crippen LogP contribution in [-0.4, -0.2) is 70.3 Å². The number of amides is 2. The van der Waals surface area contributed by atoms with Gasteiger partial charge in [0.25, 0.3) is 11.7 Å². The van der Waals surface area contributed by atoms with Crippen LogP contribution < -0.4 is 11.5 Å². The molecule has 0 unspecified atom stereocenters. The summed E-state index contributed by atoms with van der Waals surface area (Å²) in [5.41, 5.74) is 9.62. The topological polar surface area (TPSA) is 170 Å². The quantitative estimate of drug-likeness (QED) is 0.302. The number of nitrogens with two attached hydrogens (primary N) is 2. The number of thioether (sulfide) groups is 2. The molecule has 0 radical (unpaired) electrons. The van der Waals surface area contributed by atoms with Gasteiger partial charge in [0.2, 0.25) is 11.7 Å². The van der Waals surface area contributed by atoms with Crippen molar-refractivity contribution in [3.8, 4) is 0 Å². The lowest BCUT2D eigenvalue weighted by Crippen LogP contribution is -2.68. The van der Waals surface area contributed by atoms with Crippen molar-refractivity contribution in [3.05, 3.63) is 28.9 Å². The van der Waals surface area contributed by atoms with Crippen molar-refractivity contribution in [2.45, 2.75) is 22.6 Å². The Hall–Kier alpha value is -2.85. The number of fused-ring (bicyclic) bond motifs is 2. The molecule has 11 nitrogen and oxygen atoms in total. The van der Waals surface area contributed by atoms with Gasteiger partial charge in [-0.15, -0.1) is 28.6 Å². The molecule has 31 heavy (non-hydrogen) atoms. The summed E-state index contributed by atoms with van der Waals surface area (Å²) < 4.78 is 40.6. The van der Waals surface area contributed by atoms with Crippen LogP contribution in [0.2, 0.25) is 0 Å². The predicted molar refractivity (Wildman–Crippen MR) is 101 cm³/mol. The van der Waals surface area contributed by atoms with Gasteiger partial charge in [-0.3, -0.25) is 14.5 Å². The Morgan fingerprint density at radius 1 is 1.35 bits per heavy atom. The molecule has 0 spiro atoms. The molecule has 2 atom stereocenters. The van der Waals surface area contributed by atoms with Gasteiger partial charge in [-0.1, -0.05) is 0 Å². The number of alkyl halides is 3. The van der Waals surface area contributed by atoms with Gasteiger partial charge in [-0.2, -0.15) is 22.7 Å². The van der Waals surface area contributed by atoms with Gasteiger partial charge in [0.05, 0.1) is 0 Å². The summed E-state index contributed by atoms with van der Waals surface area (Å²) in [4.78, 5) is 43.1. The lowest BCUT2D eigenvalue weighted by Gasteiger charge is -2.48. The number of carboxylic acids is 1. The van der Waals surface area contributed by atoms with Crippen LogP contribution in [0.15, 0.2) is 22.4 Å². The predicted octanol–water partition coefficient (Wildman–Crippen LogP) is -0.0848. The molecule has 1 fully saturated rings. The van der Waals surface area contributed by atoms with E-state index in [-0.39, 0.29) is 22.2 Å². The number of carbonyl (C=O) groups is 3. The Morgan fingerprint density at radius 3 is 2.68 bits per heavy atom. The Bertz CT molecular complexity index is 1170. The summed E-state index contributed by atoms with van der Waals surface area (Å²) in [7, 11) is 0. The van der Waals surface area contributed by atoms with Crippen molar-refractivity contribution in [2.75, 3.05) is 11.5 Å². The Morgan fingerprint density at radius 2 is 2.06 bits per heavy atom. The molecule has 4 rings (SSSR count). The zero-order valence-electron chi connectivity index (χ0n) is 15.2. The average Bonchev–Trinajstić information content (AvgIpc) is 3.14. The van der Waals surface area contributed by atoms with Gasteiger partial charge in [0.15, 0.2) is 5.69 Å². The van der Waals surface area contributed by atoms with E-state index in [1.54, 1.807) is 0 Å². The number of hydrogen-bond donors (Lipinski definition) is 3. The van der Waals surface area contributed by atoms with E-state index in [1.807, 2.05) is 0 Å². The third-order valence-corrected chi connectivity index (χ3v) is 6.92. The van der Waals surface area contributed by atoms with Crippen molar-refractivity contribution in [2.24, 2.45) is 11.5 Å². The van der Waals surface area contributed by atoms with Crippen LogP contribution in [0.25, 0.3) is 5.78 Å². The van der Waals surface area contributed by atoms with Crippen molar-refractivity contribution in [3.63, 3.8) is 0 Å². The van der Waals surface area contributed by atoms with Crippen molar-refractivity contribution < 1.29 is 32.7 Å². The van der Waals surface area contributed by atoms with Crippen LogP contribution in [0.4, 0.5) is 13.2 Å². The zero-order chi connectivity index (χ0) is 22.7. The summed E-state index contributed by atoms with van der Waals surface area (Å²) in [6, 6.07) is -0.0909. The summed E-state index contributed by atoms with van der Waals surface area (Å²) in [5.74, 6) is -3.77. The molecule has 2 amide bonds. The third kappa shape index (κ3) is 3.59. The Balaban J connectivity index is 1.72. The molecule has 2 aromatic heterocycles. The first-order valence-corrected chi connectivity index (χ1v) is 10.5. The van der Waals surface area contributed by atoms with Crippen LogP contribution in [0, 0.1) is 0 Å². The molecular weight excluding hydrogens is 463 g/mol. The number of hydrogen-bond acceptors (Lipinski definition) is 9. The number of primary amides is 1. The monoisotopic (exact) mass is 475 g/mol. The van der Waals surface area contributed by atoms with Crippen LogP contribution in [0.3, 0.4) is 0 Å². The first-order valence-electron chi connectivity index (χ1n) is 8.42. The molecule has 0 bridgehead atoms. The van der Waals surface area contributed by atoms with Crippen LogP contribution in [0.1, 0.15) is 16.3 Å². The highest BCUT2D eigenvalue weighted by atomic mass is 32.2. The summed E-state index contributed by atoms with van der Waals surface area (Å²) >= 11 is 2.09. The first kappa shape index (κ1) is 21.4. The van der Waals surface area contributed by atoms with Gasteiger partial charge in [0.1, 0.15) is 22.1 Å². The van der Waals surface area contributed by atoms with E-state index in [0.29, 0.717) is 11.6 Å². The minimum atomic E-state index is -4.80. The second-order valence-corrected chi connectivity index (χ2v) is 8.57. The molecule has 0 aliphatic carbocycles. The number of rotatable bonds is 5. The van der Waals surface area contributed by atoms with E-state index in [2.05, 4.69) is 15.1 Å². The largest absolute Gasteiger partial charge is 0.477 e. The van der Waals surface area contributed by atoms with E-state index in [9.17, 15) is 32.7 Å². The molecule has 2 aliphatic rings. The van der Waals surface area contributed by atoms with Gasteiger partial charge < -0.3 is 16.6 Å². The molecular formula is C15H12F3N7O4S2. The van der Waals surface area contributed by atoms with Gasteiger partial charge in [0, 0.05) is 17.6 Å². The second-order valence-electron chi connectivity index (χ2n) is 6.47. The molecule has 2 aromatic rings. The second kappa shape index (κ2) is 7.38. The van der Waals surface area contributed by atoms with Crippen LogP contribution in [0.5, 0.6) is 0 Å². The Labute approximate surface area is 179 Å². The highest BCUT2D eigenvalue weighted by Gasteiger charge is 2.51. The Kier molecular flexibility index (Phi) is 5.09. The van der Waals surface area contributed by atoms with Crippen molar-refractivity contribution in [1.82, 2.24) is 24.5 Å². The maximum absolute atomic E-state index is 13.2. The van der Waals surface area contributed by atoms with E-state index in [0.717, 1.165) is 21.2 Å². The number of β-lactam (4-membered cyclic amide) rings is 1. The standard InChI is InChI=1S/C15H12F3N7O4S2/c16-15(17,18)5-1-6(25-14(21-5)22-10(23-25)9(20)26)30-2-4-3-31-12-7(19)11(27)24(12)8(4)13(28)29/h1,7,12H,2-3,19H2,(H2,20,26)(H,28,29)/t7-,12-/m1/s1. The summed E-state index contributed by atoms with van der Waals surface area (Å²) in [6.07, 6.45) is -4.80. The molecule has 2 aliphatic heterocycles. The van der Waals surface area contributed by atoms with Crippen LogP contribution >= 0.6 is 23.5 Å². The fourth-order valence-electron chi connectivity index (χ4n) is 3.05. The maximum Gasteiger partial charge on any atom is 0.433 e. The van der Waals surface area contributed by atoms with E-state index in [1.165, 1.54) is 11.8 Å². The zero-order valence-corrected chi connectivity index (χ0v) is 16.8. The summed E-state index contributed by atoms with van der Waals surface area (Å²) in [5, 5.41) is 12.8. The van der Waals surface area contributed by atoms with Gasteiger partial charge in [-0.25, -0.2) is 9.78 Å². The molecule has 4 heterocycles. The minimum absolute atomic E-state index is 0.0669. The molecule has 0 saturated carbocycles. The highest BCUT2D eigenvalue weighted by molar-refractivity contribution is 8.01. The average molecular weight is 475 g/mol. The number of halogens is 3. The van der Waals surface area contributed by atoms with E-state index in [4.69, 9.17) is 11.5 Å². The number of aromatic nitrogens is 4. The molecule has 164 valence electrons. The fourth-order valence-corrected chi connectivity index (χ4v) is 5.47. The molecule has 5 N–H and O–H groups in total. The smallest absolute Gasteiger partial charge is 0.433 e. The third-order valence-electron chi connectivity index (χ3n) is 4.48. The summed E-state index contributed by atoms with van der Waals surface area (Å²) in [6.45, 7) is 0. The van der Waals surface area contributed by atoms with Gasteiger partial charge >= 0.3 is 12.1 Å². The fraction of sp³-hybridized carbons (Fsp3) is 0.333. The lowest BCUT2D eigenvalue weighted by atomic mass is 10.0. The minimum Gasteiger partial charge on any atom is -0.477 e. The number of aliphatic carboxylic acids is 1. The lowest BCUT2D eigenvalue weighted by molar-refractivity contribution is -0.147. The number of nitrogens with zero attached hydrogens (tertiary/aromatic N) is 5. The van der Waals surface area contributed by atoms with Gasteiger partial charge in [-0.05, 0) is 5.57 Å². The molecule has 0 aromatic carbocycles. The first-order chi connectivity index (χ1) is 14.5. The van der Waals surface area contributed by atoms with Crippen LogP contribution in [-0.2, 0) is 15.8 Å². The maximum atomic E-state index is 13.2. The number of carboxylic acid groups (broad SMARTS) is 1. The SMILES string of the molecule is NC(=O)c1nc2nc(C(F)(F)F)cc(SCC3=C(C(=O)O)N4C(=O)[C@@H](N)[C@H]4SC3)n2n1. The molecule has 1 saturated heterocycles. The van der Waals surface area contributed by atoms with Crippen molar-refractivity contribution in [1.29, 1.82) is 0 Å². The van der Waals surface area contributed by atoms with E-state index < -0.39 is 52.7 Å². The van der Waals surface area contributed by atoms with E-state index >= 15 is 0 Å². The van der Waals surface area contributed by atoms with Crippen molar-refractivity contribution >= 4 is 47.1 Å². The normalized spacial score (nSPS) is 21.3.